The number of carbonyl (C=O) groups is 1. The van der Waals surface area contributed by atoms with Crippen LogP contribution in [0.25, 0.3) is 0 Å². The molecule has 138 valence electrons. The van der Waals surface area contributed by atoms with E-state index in [1.54, 1.807) is 7.05 Å². The Balaban J connectivity index is 1.71. The first-order valence-corrected chi connectivity index (χ1v) is 9.06. The lowest BCUT2D eigenvalue weighted by atomic mass is 10.2. The maximum Gasteiger partial charge on any atom is 0.305 e. The molecule has 0 radical (unpaired) electrons. The fraction of sp³-hybridized carbons (Fsp3) is 0.579. The monoisotopic (exact) mass is 346 g/mol. The van der Waals surface area contributed by atoms with Gasteiger partial charge in [0.15, 0.2) is 5.96 Å². The van der Waals surface area contributed by atoms with Gasteiger partial charge in [0.2, 0.25) is 0 Å². The van der Waals surface area contributed by atoms with E-state index >= 15 is 0 Å². The van der Waals surface area contributed by atoms with Gasteiger partial charge < -0.3 is 20.3 Å². The minimum absolute atomic E-state index is 0.142. The number of nitrogens with one attached hydrogen (secondary N) is 2. The first kappa shape index (κ1) is 19.1. The summed E-state index contributed by atoms with van der Waals surface area (Å²) >= 11 is 0. The Kier molecular flexibility index (Phi) is 7.57. The summed E-state index contributed by atoms with van der Waals surface area (Å²) in [6, 6.07) is 9.04. The highest BCUT2D eigenvalue weighted by Crippen LogP contribution is 2.20. The number of carbonyl (C=O) groups excluding carboxylic acids is 1. The van der Waals surface area contributed by atoms with Crippen LogP contribution in [-0.4, -0.2) is 51.3 Å². The molecule has 0 spiro atoms. The molecule has 2 rings (SSSR count). The molecule has 0 aromatic heterocycles. The topological polar surface area (TPSA) is 66.0 Å². The molecule has 1 aliphatic heterocycles. The second kappa shape index (κ2) is 9.91. The van der Waals surface area contributed by atoms with Crippen molar-refractivity contribution < 1.29 is 9.53 Å². The van der Waals surface area contributed by atoms with E-state index in [0.717, 1.165) is 31.9 Å². The molecule has 6 heteroatoms. The van der Waals surface area contributed by atoms with Crippen LogP contribution in [-0.2, 0) is 9.53 Å². The van der Waals surface area contributed by atoms with E-state index in [9.17, 15) is 4.79 Å². The maximum absolute atomic E-state index is 11.3. The predicted molar refractivity (Wildman–Crippen MR) is 102 cm³/mol. The molecule has 0 amide bonds. The van der Waals surface area contributed by atoms with Gasteiger partial charge in [0.1, 0.15) is 0 Å². The molecule has 6 nitrogen and oxygen atoms in total. The third kappa shape index (κ3) is 6.29. The van der Waals surface area contributed by atoms with Gasteiger partial charge >= 0.3 is 5.97 Å². The van der Waals surface area contributed by atoms with Gasteiger partial charge in [-0.2, -0.15) is 0 Å². The van der Waals surface area contributed by atoms with Crippen LogP contribution in [0.5, 0.6) is 0 Å². The summed E-state index contributed by atoms with van der Waals surface area (Å²) in [4.78, 5) is 18.0. The quantitative estimate of drug-likeness (QED) is 0.342. The fourth-order valence-electron chi connectivity index (χ4n) is 2.93. The number of ether oxygens (including phenoxy) is 1. The first-order chi connectivity index (χ1) is 12.1. The van der Waals surface area contributed by atoms with Gasteiger partial charge in [-0.25, -0.2) is 0 Å². The van der Waals surface area contributed by atoms with Crippen LogP contribution < -0.4 is 15.5 Å². The number of aryl methyl sites for hydroxylation is 1. The minimum atomic E-state index is -0.142. The molecule has 1 heterocycles. The summed E-state index contributed by atoms with van der Waals surface area (Å²) in [6.45, 7) is 7.08. The lowest BCUT2D eigenvalue weighted by molar-refractivity contribution is -0.143. The molecule has 0 bridgehead atoms. The van der Waals surface area contributed by atoms with Crippen molar-refractivity contribution in [3.63, 3.8) is 0 Å². The number of aliphatic imine (C=N–C) groups is 1. The van der Waals surface area contributed by atoms with Crippen molar-refractivity contribution in [2.45, 2.75) is 39.2 Å². The highest BCUT2D eigenvalue weighted by atomic mass is 16.5. The standard InChI is InChI=1S/C19H30N4O2/c1-4-25-18(24)6-5-12-21-19(20-3)22-16-11-13-23(14-16)17-9-7-15(2)8-10-17/h7-10,16H,4-6,11-14H2,1-3H3,(H2,20,21,22). The third-order valence-corrected chi connectivity index (χ3v) is 4.31. The Labute approximate surface area is 150 Å². The number of benzene rings is 1. The molecule has 1 aromatic carbocycles. The summed E-state index contributed by atoms with van der Waals surface area (Å²) in [5, 5.41) is 6.74. The Morgan fingerprint density at radius 1 is 1.36 bits per heavy atom. The number of hydrogen-bond donors (Lipinski definition) is 2. The average molecular weight is 346 g/mol. The van der Waals surface area contributed by atoms with E-state index in [1.807, 2.05) is 6.92 Å². The third-order valence-electron chi connectivity index (χ3n) is 4.31. The number of nitrogens with zero attached hydrogens (tertiary/aromatic N) is 2. The van der Waals surface area contributed by atoms with E-state index in [1.165, 1.54) is 11.3 Å². The average Bonchev–Trinajstić information content (AvgIpc) is 3.07. The smallest absolute Gasteiger partial charge is 0.305 e. The molecule has 1 fully saturated rings. The molecule has 0 saturated carbocycles. The van der Waals surface area contributed by atoms with E-state index < -0.39 is 0 Å². The van der Waals surface area contributed by atoms with Gasteiger partial charge in [-0.1, -0.05) is 17.7 Å². The zero-order chi connectivity index (χ0) is 18.1. The largest absolute Gasteiger partial charge is 0.466 e. The summed E-state index contributed by atoms with van der Waals surface area (Å²) in [5.41, 5.74) is 2.55. The highest BCUT2D eigenvalue weighted by molar-refractivity contribution is 5.80. The predicted octanol–water partition coefficient (Wildman–Crippen LogP) is 2.08. The summed E-state index contributed by atoms with van der Waals surface area (Å²) in [7, 11) is 1.77. The summed E-state index contributed by atoms with van der Waals surface area (Å²) in [5.74, 6) is 0.649. The van der Waals surface area contributed by atoms with E-state index in [4.69, 9.17) is 4.74 Å². The van der Waals surface area contributed by atoms with Crippen LogP contribution >= 0.6 is 0 Å². The Morgan fingerprint density at radius 2 is 2.12 bits per heavy atom. The van der Waals surface area contributed by atoms with Gasteiger partial charge in [0, 0.05) is 44.8 Å². The SMILES string of the molecule is CCOC(=O)CCCNC(=NC)NC1CCN(c2ccc(C)cc2)C1. The van der Waals surface area contributed by atoms with Crippen molar-refractivity contribution in [1.29, 1.82) is 0 Å². The number of esters is 1. The van der Waals surface area contributed by atoms with Crippen LogP contribution in [0.4, 0.5) is 5.69 Å². The summed E-state index contributed by atoms with van der Waals surface area (Å²) < 4.78 is 4.93. The number of rotatable bonds is 7. The normalized spacial score (nSPS) is 17.5. The van der Waals surface area contributed by atoms with Crippen LogP contribution in [0.2, 0.25) is 0 Å². The first-order valence-electron chi connectivity index (χ1n) is 9.06. The molecule has 1 unspecified atom stereocenters. The van der Waals surface area contributed by atoms with Gasteiger partial charge in [0.05, 0.1) is 6.61 Å². The van der Waals surface area contributed by atoms with Crippen LogP contribution in [0.3, 0.4) is 0 Å². The van der Waals surface area contributed by atoms with E-state index in [-0.39, 0.29) is 5.97 Å². The lowest BCUT2D eigenvalue weighted by Gasteiger charge is -2.20. The molecular formula is C19H30N4O2. The zero-order valence-electron chi connectivity index (χ0n) is 15.5. The number of guanidine groups is 1. The molecule has 2 N–H and O–H groups in total. The highest BCUT2D eigenvalue weighted by Gasteiger charge is 2.23. The molecule has 25 heavy (non-hydrogen) atoms. The van der Waals surface area contributed by atoms with Gasteiger partial charge in [-0.05, 0) is 38.8 Å². The lowest BCUT2D eigenvalue weighted by Crippen LogP contribution is -2.44. The Bertz CT molecular complexity index is 571. The number of anilines is 1. The number of hydrogen-bond acceptors (Lipinski definition) is 4. The molecular weight excluding hydrogens is 316 g/mol. The van der Waals surface area contributed by atoms with Gasteiger partial charge in [0.25, 0.3) is 0 Å². The minimum Gasteiger partial charge on any atom is -0.466 e. The Morgan fingerprint density at radius 3 is 2.80 bits per heavy atom. The van der Waals surface area contributed by atoms with Crippen molar-refractivity contribution in [3.8, 4) is 0 Å². The van der Waals surface area contributed by atoms with Crippen molar-refractivity contribution in [2.75, 3.05) is 38.2 Å². The van der Waals surface area contributed by atoms with Crippen molar-refractivity contribution >= 4 is 17.6 Å². The van der Waals surface area contributed by atoms with Gasteiger partial charge in [-0.3, -0.25) is 9.79 Å². The van der Waals surface area contributed by atoms with Crippen molar-refractivity contribution in [3.05, 3.63) is 29.8 Å². The van der Waals surface area contributed by atoms with Crippen LogP contribution in [0, 0.1) is 6.92 Å². The van der Waals surface area contributed by atoms with E-state index in [2.05, 4.69) is 51.7 Å². The van der Waals surface area contributed by atoms with Gasteiger partial charge in [-0.15, -0.1) is 0 Å². The second-order valence-electron chi connectivity index (χ2n) is 6.32. The molecule has 1 aliphatic rings. The van der Waals surface area contributed by atoms with Crippen molar-refractivity contribution in [2.24, 2.45) is 4.99 Å². The van der Waals surface area contributed by atoms with Crippen molar-refractivity contribution in [1.82, 2.24) is 10.6 Å². The second-order valence-corrected chi connectivity index (χ2v) is 6.32. The van der Waals surface area contributed by atoms with Crippen LogP contribution in [0.1, 0.15) is 31.7 Å². The summed E-state index contributed by atoms with van der Waals surface area (Å²) in [6.07, 6.45) is 2.25. The molecule has 1 atom stereocenters. The maximum atomic E-state index is 11.3. The molecule has 1 aromatic rings. The zero-order valence-corrected chi connectivity index (χ0v) is 15.5. The van der Waals surface area contributed by atoms with Crippen LogP contribution in [0.15, 0.2) is 29.3 Å². The fourth-order valence-corrected chi connectivity index (χ4v) is 2.93. The van der Waals surface area contributed by atoms with E-state index in [0.29, 0.717) is 25.6 Å². The molecule has 0 aliphatic carbocycles. The molecule has 1 saturated heterocycles. The Hall–Kier alpha value is -2.24.